The first-order chi connectivity index (χ1) is 69.6. The number of anilines is 11. The van der Waals surface area contributed by atoms with Crippen molar-refractivity contribution >= 4 is 134 Å². The Morgan fingerprint density at radius 3 is 0.860 bits per heavy atom. The van der Waals surface area contributed by atoms with Crippen molar-refractivity contribution in [1.82, 2.24) is 24.9 Å². The number of aliphatic hydroxyl groups excluding tert-OH is 5. The molecule has 0 aliphatic rings. The fraction of sp³-hybridized carbons (Fsp3) is 0.115. The number of nitrogens with one attached hydrogen (secondary N) is 5. The number of rotatable bonds is 38. The van der Waals surface area contributed by atoms with Crippen molar-refractivity contribution in [3.8, 4) is 46.0 Å². The van der Waals surface area contributed by atoms with Crippen LogP contribution in [0.2, 0.25) is 5.02 Å². The summed E-state index contributed by atoms with van der Waals surface area (Å²) in [6, 6.07) is 80.1. The number of ether oxygens (including phenoxy) is 8. The fourth-order valence-electron chi connectivity index (χ4n) is 13.5. The number of aromatic nitrogens is 5. The fourth-order valence-corrected chi connectivity index (χ4v) is 13.6. The maximum Gasteiger partial charge on any atom is 0.203 e. The molecule has 0 aliphatic heterocycles. The van der Waals surface area contributed by atoms with E-state index in [4.69, 9.17) is 70.5 Å². The number of allylic oxidation sites excluding steroid dienone is 5. The summed E-state index contributed by atoms with van der Waals surface area (Å²) in [6.45, 7) is -0.218. The highest BCUT2D eigenvalue weighted by Gasteiger charge is 2.19. The lowest BCUT2D eigenvalue weighted by atomic mass is 10.1. The van der Waals surface area contributed by atoms with Crippen LogP contribution in [0.25, 0.3) is 30.4 Å². The van der Waals surface area contributed by atoms with Crippen molar-refractivity contribution in [2.75, 3.05) is 89.2 Å². The molecule has 15 aromatic rings. The second-order valence-corrected chi connectivity index (χ2v) is 31.0. The Balaban J connectivity index is 0.000000171. The van der Waals surface area contributed by atoms with E-state index < -0.39 is 0 Å². The van der Waals surface area contributed by atoms with Gasteiger partial charge in [0.1, 0.15) is 46.3 Å². The molecule has 15 rings (SSSR count). The van der Waals surface area contributed by atoms with Gasteiger partial charge in [0.15, 0.2) is 51.9 Å². The molecule has 30 heteroatoms. The number of benzene rings is 10. The van der Waals surface area contributed by atoms with Crippen LogP contribution in [0.3, 0.4) is 0 Å². The van der Waals surface area contributed by atoms with Gasteiger partial charge in [0.2, 0.25) is 5.75 Å². The van der Waals surface area contributed by atoms with Gasteiger partial charge in [-0.25, -0.2) is 24.9 Å². The largest absolute Gasteiger partial charge is 0.497 e. The first-order valence-electron chi connectivity index (χ1n) is 44.3. The monoisotopic (exact) mass is 1940 g/mol. The average Bonchev–Trinajstić information content (AvgIpc) is 0.814. The Morgan fingerprint density at radius 1 is 0.280 bits per heavy atom. The number of carbonyl (C=O) groups is 5. The predicted octanol–water partition coefficient (Wildman–Crippen LogP) is 21.4. The van der Waals surface area contributed by atoms with Crippen LogP contribution < -0.4 is 70.2 Å². The SMILES string of the molecule is COc1cc(Nc2ncccc2/C=C/C(=O)c2cc(OC)c(OC)c(OC)c2)ccc1CO.COc1cc(Nc2ncccc2/C=C/C(=O)c2ccc(OC)c(OC)c2)ccc1CO.COc1ccc(C(=O)/C=C/c2cccnc2Nc2ccc(CO)cc2)cc1.Nc1ccc(C(=O)/C=C/c2cccnc2Nc2ccc(CO)cc2)cc1.O=C(/C=C/c1cccnc1Nc1ccc(CO)cc1)c1ccc(Cl)cc1. The van der Waals surface area contributed by atoms with Gasteiger partial charge in [0, 0.05) is 149 Å². The number of nitrogen functional groups attached to an aromatic ring is 1. The second-order valence-electron chi connectivity index (χ2n) is 30.6. The number of hydrogen-bond acceptors (Lipinski definition) is 29. The molecular formula is C113H106ClN11O18. The molecule has 29 nitrogen and oxygen atoms in total. The lowest BCUT2D eigenvalue weighted by molar-refractivity contribution is 0.103. The maximum atomic E-state index is 12.9. The number of carbonyl (C=O) groups excluding carboxylic acids is 5. The van der Waals surface area contributed by atoms with Crippen LogP contribution in [0.1, 0.15) is 107 Å². The third kappa shape index (κ3) is 31.4. The number of hydrogen-bond donors (Lipinski definition) is 11. The Hall–Kier alpha value is -17.7. The molecule has 0 atom stereocenters. The maximum absolute atomic E-state index is 12.9. The number of ketones is 5. The van der Waals surface area contributed by atoms with Crippen LogP contribution in [0.15, 0.2) is 334 Å². The number of methoxy groups -OCH3 is 8. The Labute approximate surface area is 832 Å². The normalized spacial score (nSPS) is 10.8. The van der Waals surface area contributed by atoms with Crippen LogP contribution in [-0.2, 0) is 33.0 Å². The van der Waals surface area contributed by atoms with Crippen molar-refractivity contribution in [3.63, 3.8) is 0 Å². The molecule has 0 radical (unpaired) electrons. The van der Waals surface area contributed by atoms with E-state index in [1.54, 1.807) is 229 Å². The van der Waals surface area contributed by atoms with Gasteiger partial charge in [0.05, 0.1) is 89.9 Å². The predicted molar refractivity (Wildman–Crippen MR) is 560 cm³/mol. The van der Waals surface area contributed by atoms with Crippen molar-refractivity contribution < 1.29 is 87.4 Å². The van der Waals surface area contributed by atoms with Gasteiger partial charge in [-0.1, -0.05) is 60.1 Å². The lowest BCUT2D eigenvalue weighted by Crippen LogP contribution is -2.01. The molecule has 143 heavy (non-hydrogen) atoms. The molecule has 0 fully saturated rings. The van der Waals surface area contributed by atoms with Crippen LogP contribution in [0, 0.1) is 0 Å². The smallest absolute Gasteiger partial charge is 0.203 e. The summed E-state index contributed by atoms with van der Waals surface area (Å²) in [6.07, 6.45) is 24.5. The van der Waals surface area contributed by atoms with E-state index in [-0.39, 0.29) is 62.0 Å². The number of pyridine rings is 5. The summed E-state index contributed by atoms with van der Waals surface area (Å²) in [5, 5.41) is 62.9. The van der Waals surface area contributed by atoms with Gasteiger partial charge in [0.25, 0.3) is 0 Å². The van der Waals surface area contributed by atoms with E-state index in [1.807, 2.05) is 133 Å². The van der Waals surface area contributed by atoms with Gasteiger partial charge in [-0.2, -0.15) is 0 Å². The second kappa shape index (κ2) is 55.0. The number of nitrogens with zero attached hydrogens (tertiary/aromatic N) is 5. The summed E-state index contributed by atoms with van der Waals surface area (Å²) in [5.41, 5.74) is 20.6. The van der Waals surface area contributed by atoms with E-state index in [1.165, 1.54) is 58.8 Å². The van der Waals surface area contributed by atoms with E-state index in [0.717, 1.165) is 67.4 Å². The lowest BCUT2D eigenvalue weighted by Gasteiger charge is -2.13. The van der Waals surface area contributed by atoms with Crippen molar-refractivity contribution in [2.24, 2.45) is 0 Å². The van der Waals surface area contributed by atoms with Crippen molar-refractivity contribution in [2.45, 2.75) is 33.0 Å². The molecule has 10 aromatic carbocycles. The van der Waals surface area contributed by atoms with Gasteiger partial charge in [-0.05, 0) is 290 Å². The molecule has 0 amide bonds. The van der Waals surface area contributed by atoms with Crippen molar-refractivity contribution in [3.05, 3.63) is 423 Å². The van der Waals surface area contributed by atoms with Gasteiger partial charge >= 0.3 is 0 Å². The summed E-state index contributed by atoms with van der Waals surface area (Å²) in [5.74, 6) is 6.47. The third-order valence-electron chi connectivity index (χ3n) is 21.2. The molecule has 0 bridgehead atoms. The number of nitrogens with two attached hydrogens (primary N) is 1. The highest BCUT2D eigenvalue weighted by Crippen LogP contribution is 2.40. The van der Waals surface area contributed by atoms with Crippen LogP contribution in [0.4, 0.5) is 63.2 Å². The Kier molecular flexibility index (Phi) is 40.7. The highest BCUT2D eigenvalue weighted by molar-refractivity contribution is 6.30. The van der Waals surface area contributed by atoms with Gasteiger partial charge in [-0.3, -0.25) is 24.0 Å². The third-order valence-corrected chi connectivity index (χ3v) is 21.5. The van der Waals surface area contributed by atoms with Crippen LogP contribution in [-0.4, -0.2) is 136 Å². The van der Waals surface area contributed by atoms with Crippen LogP contribution >= 0.6 is 11.6 Å². The van der Waals surface area contributed by atoms with E-state index in [9.17, 15) is 34.2 Å². The summed E-state index contributed by atoms with van der Waals surface area (Å²) in [7, 11) is 12.3. The molecular weight excluding hydrogens is 1830 g/mol. The molecule has 0 unspecified atom stereocenters. The molecule has 0 aliphatic carbocycles. The minimum absolute atomic E-state index is 0.00463. The number of halogens is 1. The average molecular weight is 1940 g/mol. The van der Waals surface area contributed by atoms with E-state index >= 15 is 0 Å². The van der Waals surface area contributed by atoms with Crippen molar-refractivity contribution in [1.29, 1.82) is 0 Å². The highest BCUT2D eigenvalue weighted by atomic mass is 35.5. The molecule has 5 heterocycles. The Bertz CT molecular complexity index is 6770. The molecule has 728 valence electrons. The zero-order chi connectivity index (χ0) is 102. The molecule has 0 saturated heterocycles. The zero-order valence-electron chi connectivity index (χ0n) is 79.4. The first-order valence-corrected chi connectivity index (χ1v) is 44.7. The summed E-state index contributed by atoms with van der Waals surface area (Å²) < 4.78 is 42.2. The summed E-state index contributed by atoms with van der Waals surface area (Å²) >= 11 is 5.85. The Morgan fingerprint density at radius 2 is 0.559 bits per heavy atom. The number of aliphatic hydroxyl groups is 5. The van der Waals surface area contributed by atoms with Gasteiger partial charge < -0.3 is 95.7 Å². The molecule has 5 aromatic heterocycles. The summed E-state index contributed by atoms with van der Waals surface area (Å²) in [4.78, 5) is 84.2. The van der Waals surface area contributed by atoms with E-state index in [2.05, 4.69) is 51.5 Å². The minimum atomic E-state index is -0.238. The van der Waals surface area contributed by atoms with Crippen LogP contribution in [0.5, 0.6) is 46.0 Å². The van der Waals surface area contributed by atoms with Gasteiger partial charge in [-0.15, -0.1) is 0 Å². The molecule has 0 saturated carbocycles. The van der Waals surface area contributed by atoms with E-state index in [0.29, 0.717) is 130 Å². The topological polar surface area (TPSA) is 411 Å². The quantitative estimate of drug-likeness (QED) is 0.00972. The zero-order valence-corrected chi connectivity index (χ0v) is 80.2. The standard InChI is InChI=1S/C25H26N2O6.C24H24N2O5.C22H20N2O3.C21H17ClN2O2.C21H19N3O2/c1-30-21-14-19(9-7-17(21)15-28)27-25-16(6-5-11-26-25)8-10-20(29)18-12-22(31-2)24(33-4)23(13-18)32-3;1-29-21-11-8-17(13-23(21)31-3)20(28)10-7-16-5-4-12-25-24(16)26-19-9-6-18(15-27)22(14-19)30-2;1-27-20-11-6-17(7-12-20)21(26)13-8-18-3-2-14-23-22(18)24-19-9-4-16(15-25)5-10-19;2*22-18-8-5-16(6-9-18)20(26)12-7-17-2-1-13-23-21(17)24-19-10-3-15(14-25)4-11-19/h5-14,28H,15H2,1-4H3,(H,26,27);4-14,27H,15H2,1-3H3,(H,25,26);2-14,25H,15H2,1H3,(H,23,24);1-13,25H,14H2,(H,23,24);1-13,25H,14,22H2,(H,23,24)/b10-8+;10-7+;13-8+;2*12-7+. The first kappa shape index (κ1) is 106. The molecule has 0 spiro atoms. The molecule has 12 N–H and O–H groups in total. The minimum Gasteiger partial charge on any atom is -0.497 e.